The standard InChI is InChI=1S/C10H18O6.C4H10O/c1-3-5-15-9(13)7(6-11)10(14)16-8(12)4-2;1-3-5-4-2/h7,10-11,14H,3-6H2,1-2H3;3-4H2,1-2H3. The highest BCUT2D eigenvalue weighted by Crippen LogP contribution is 2.09. The molecule has 0 saturated carbocycles. The molecular weight excluding hydrogens is 280 g/mol. The summed E-state index contributed by atoms with van der Waals surface area (Å²) in [5.41, 5.74) is 0. The first-order valence-electron chi connectivity index (χ1n) is 7.20. The number of rotatable bonds is 9. The van der Waals surface area contributed by atoms with Crippen molar-refractivity contribution in [3.05, 3.63) is 0 Å². The number of ether oxygens (including phenoxy) is 3. The molecule has 0 saturated heterocycles. The number of carbonyl (C=O) groups is 2. The molecule has 21 heavy (non-hydrogen) atoms. The van der Waals surface area contributed by atoms with Crippen LogP contribution >= 0.6 is 0 Å². The third-order valence-electron chi connectivity index (χ3n) is 2.24. The number of esters is 2. The van der Waals surface area contributed by atoms with E-state index in [1.807, 2.05) is 20.8 Å². The highest BCUT2D eigenvalue weighted by molar-refractivity contribution is 5.74. The Hall–Kier alpha value is -1.18. The zero-order valence-electron chi connectivity index (χ0n) is 13.3. The summed E-state index contributed by atoms with van der Waals surface area (Å²) >= 11 is 0. The van der Waals surface area contributed by atoms with Gasteiger partial charge < -0.3 is 24.4 Å². The average Bonchev–Trinajstić information content (AvgIpc) is 2.47. The van der Waals surface area contributed by atoms with E-state index in [4.69, 9.17) is 14.6 Å². The zero-order chi connectivity index (χ0) is 16.7. The minimum absolute atomic E-state index is 0.0826. The van der Waals surface area contributed by atoms with E-state index in [9.17, 15) is 14.7 Å². The van der Waals surface area contributed by atoms with E-state index in [2.05, 4.69) is 4.74 Å². The summed E-state index contributed by atoms with van der Waals surface area (Å²) < 4.78 is 14.1. The molecule has 0 aliphatic carbocycles. The minimum Gasteiger partial charge on any atom is -0.465 e. The minimum atomic E-state index is -1.66. The van der Waals surface area contributed by atoms with Gasteiger partial charge in [0.05, 0.1) is 13.2 Å². The van der Waals surface area contributed by atoms with Gasteiger partial charge >= 0.3 is 11.9 Å². The van der Waals surface area contributed by atoms with Gasteiger partial charge in [0.15, 0.2) is 0 Å². The summed E-state index contributed by atoms with van der Waals surface area (Å²) in [6.45, 7) is 8.59. The van der Waals surface area contributed by atoms with Crippen molar-refractivity contribution in [2.75, 3.05) is 26.4 Å². The average molecular weight is 308 g/mol. The summed E-state index contributed by atoms with van der Waals surface area (Å²) in [4.78, 5) is 22.2. The number of carbonyl (C=O) groups excluding carboxylic acids is 2. The lowest BCUT2D eigenvalue weighted by Crippen LogP contribution is -2.36. The Balaban J connectivity index is 0. The maximum absolute atomic E-state index is 11.3. The molecule has 2 atom stereocenters. The lowest BCUT2D eigenvalue weighted by molar-refractivity contribution is -0.189. The van der Waals surface area contributed by atoms with E-state index in [1.54, 1.807) is 6.92 Å². The van der Waals surface area contributed by atoms with E-state index in [0.29, 0.717) is 6.42 Å². The van der Waals surface area contributed by atoms with Crippen LogP contribution in [-0.2, 0) is 23.8 Å². The Bertz CT molecular complexity index is 266. The SMILES string of the molecule is CCCOC(=O)C(CO)C(O)OC(=O)CC.CCOCC. The first kappa shape index (κ1) is 22.1. The Morgan fingerprint density at radius 3 is 2.00 bits per heavy atom. The fourth-order valence-electron chi connectivity index (χ4n) is 1.10. The molecule has 0 bridgehead atoms. The molecule has 0 heterocycles. The van der Waals surface area contributed by atoms with Gasteiger partial charge in [-0.05, 0) is 20.3 Å². The number of hydrogen-bond acceptors (Lipinski definition) is 7. The van der Waals surface area contributed by atoms with Gasteiger partial charge in [-0.3, -0.25) is 9.59 Å². The second kappa shape index (κ2) is 15.2. The van der Waals surface area contributed by atoms with Gasteiger partial charge in [-0.2, -0.15) is 0 Å². The second-order valence-corrected chi connectivity index (χ2v) is 3.97. The van der Waals surface area contributed by atoms with Crippen LogP contribution in [0.4, 0.5) is 0 Å². The van der Waals surface area contributed by atoms with Crippen LogP contribution in [0.15, 0.2) is 0 Å². The molecule has 0 aromatic heterocycles. The van der Waals surface area contributed by atoms with Gasteiger partial charge in [-0.25, -0.2) is 0 Å². The van der Waals surface area contributed by atoms with Crippen molar-refractivity contribution in [1.82, 2.24) is 0 Å². The summed E-state index contributed by atoms with van der Waals surface area (Å²) in [5.74, 6) is -2.67. The van der Waals surface area contributed by atoms with E-state index in [0.717, 1.165) is 13.2 Å². The maximum atomic E-state index is 11.3. The normalized spacial score (nSPS) is 12.7. The largest absolute Gasteiger partial charge is 0.465 e. The summed E-state index contributed by atoms with van der Waals surface area (Å²) in [5, 5.41) is 18.3. The predicted octanol–water partition coefficient (Wildman–Crippen LogP) is 0.862. The van der Waals surface area contributed by atoms with Crippen molar-refractivity contribution in [1.29, 1.82) is 0 Å². The molecule has 2 unspecified atom stereocenters. The third-order valence-corrected chi connectivity index (χ3v) is 2.24. The van der Waals surface area contributed by atoms with Gasteiger partial charge in [0.25, 0.3) is 0 Å². The highest BCUT2D eigenvalue weighted by atomic mass is 16.6. The summed E-state index contributed by atoms with van der Waals surface area (Å²) in [7, 11) is 0. The van der Waals surface area contributed by atoms with Crippen LogP contribution in [0.25, 0.3) is 0 Å². The van der Waals surface area contributed by atoms with Gasteiger partial charge in [-0.15, -0.1) is 0 Å². The van der Waals surface area contributed by atoms with E-state index in [-0.39, 0.29) is 13.0 Å². The Morgan fingerprint density at radius 2 is 1.67 bits per heavy atom. The second-order valence-electron chi connectivity index (χ2n) is 3.97. The Morgan fingerprint density at radius 1 is 1.10 bits per heavy atom. The van der Waals surface area contributed by atoms with Crippen molar-refractivity contribution >= 4 is 11.9 Å². The van der Waals surface area contributed by atoms with Crippen molar-refractivity contribution in [3.8, 4) is 0 Å². The molecule has 0 amide bonds. The molecule has 7 nitrogen and oxygen atoms in total. The van der Waals surface area contributed by atoms with Crippen LogP contribution in [0.3, 0.4) is 0 Å². The molecule has 0 aliphatic heterocycles. The third kappa shape index (κ3) is 12.3. The van der Waals surface area contributed by atoms with Gasteiger partial charge in [0.2, 0.25) is 6.29 Å². The molecule has 0 rings (SSSR count). The molecule has 7 heteroatoms. The molecular formula is C14H28O7. The van der Waals surface area contributed by atoms with Crippen LogP contribution in [0.5, 0.6) is 0 Å². The quantitative estimate of drug-likeness (QED) is 0.481. The monoisotopic (exact) mass is 308 g/mol. The van der Waals surface area contributed by atoms with Crippen LogP contribution in [0, 0.1) is 5.92 Å². The van der Waals surface area contributed by atoms with Gasteiger partial charge in [-0.1, -0.05) is 13.8 Å². The molecule has 2 N–H and O–H groups in total. The van der Waals surface area contributed by atoms with E-state index in [1.165, 1.54) is 0 Å². The van der Waals surface area contributed by atoms with Crippen molar-refractivity contribution < 1.29 is 34.0 Å². The zero-order valence-corrected chi connectivity index (χ0v) is 13.3. The molecule has 0 spiro atoms. The van der Waals surface area contributed by atoms with E-state index < -0.39 is 30.8 Å². The first-order chi connectivity index (χ1) is 9.98. The molecule has 0 aromatic rings. The van der Waals surface area contributed by atoms with Crippen LogP contribution in [0.2, 0.25) is 0 Å². The summed E-state index contributed by atoms with van der Waals surface area (Å²) in [6, 6.07) is 0. The van der Waals surface area contributed by atoms with Gasteiger partial charge in [0.1, 0.15) is 5.92 Å². The van der Waals surface area contributed by atoms with Crippen LogP contribution in [0.1, 0.15) is 40.5 Å². The highest BCUT2D eigenvalue weighted by Gasteiger charge is 2.30. The molecule has 0 aromatic carbocycles. The van der Waals surface area contributed by atoms with Crippen molar-refractivity contribution in [2.45, 2.75) is 46.8 Å². The van der Waals surface area contributed by atoms with Crippen LogP contribution < -0.4 is 0 Å². The molecule has 0 aliphatic rings. The molecule has 0 radical (unpaired) electrons. The van der Waals surface area contributed by atoms with E-state index >= 15 is 0 Å². The fraction of sp³-hybridized carbons (Fsp3) is 0.857. The summed E-state index contributed by atoms with van der Waals surface area (Å²) in [6.07, 6.45) is -0.949. The smallest absolute Gasteiger partial charge is 0.317 e. The Labute approximate surface area is 126 Å². The predicted molar refractivity (Wildman–Crippen MR) is 76.4 cm³/mol. The van der Waals surface area contributed by atoms with Crippen LogP contribution in [-0.4, -0.2) is 54.9 Å². The first-order valence-corrected chi connectivity index (χ1v) is 7.20. The lowest BCUT2D eigenvalue weighted by atomic mass is 10.1. The number of aliphatic hydroxyl groups is 2. The van der Waals surface area contributed by atoms with Crippen molar-refractivity contribution in [3.63, 3.8) is 0 Å². The van der Waals surface area contributed by atoms with Gasteiger partial charge in [0, 0.05) is 19.6 Å². The molecule has 0 fully saturated rings. The number of aliphatic hydroxyl groups excluding tert-OH is 2. The Kier molecular flexibility index (Phi) is 16.0. The maximum Gasteiger partial charge on any atom is 0.317 e. The van der Waals surface area contributed by atoms with Crippen molar-refractivity contribution in [2.24, 2.45) is 5.92 Å². The molecule has 126 valence electrons. The topological polar surface area (TPSA) is 102 Å². The fourth-order valence-corrected chi connectivity index (χ4v) is 1.10. The lowest BCUT2D eigenvalue weighted by Gasteiger charge is -2.19. The number of hydrogen-bond donors (Lipinski definition) is 2.